The molecule has 4 rings (SSSR count). The van der Waals surface area contributed by atoms with Crippen molar-refractivity contribution in [1.29, 1.82) is 0 Å². The molecular formula is C20H26N2O3S. The summed E-state index contributed by atoms with van der Waals surface area (Å²) in [5.74, 6) is 0.234. The average molecular weight is 375 g/mol. The number of rotatable bonds is 4. The van der Waals surface area contributed by atoms with E-state index in [1.165, 1.54) is 18.4 Å². The topological polar surface area (TPSA) is 57.7 Å². The van der Waals surface area contributed by atoms with Crippen molar-refractivity contribution in [2.75, 3.05) is 29.5 Å². The third-order valence-electron chi connectivity index (χ3n) is 5.84. The number of hydrogen-bond donors (Lipinski definition) is 0. The van der Waals surface area contributed by atoms with E-state index in [9.17, 15) is 13.2 Å². The second-order valence-corrected chi connectivity index (χ2v) is 9.79. The standard InChI is InChI=1S/C20H26N2O3S/c23-20-13-21(12-11-16-7-3-1-4-8-16)18-14-26(24,25)15-19(18)22(20)17-9-5-2-6-10-17/h2,5-7,9-10,18-19H,1,3-4,8,11-15H2/t18-,19+/m1/s1. The van der Waals surface area contributed by atoms with Crippen LogP contribution < -0.4 is 4.90 Å². The molecule has 0 unspecified atom stereocenters. The van der Waals surface area contributed by atoms with E-state index in [1.807, 2.05) is 30.3 Å². The van der Waals surface area contributed by atoms with Crippen molar-refractivity contribution >= 4 is 21.4 Å². The molecule has 1 aromatic carbocycles. The minimum absolute atomic E-state index is 0.00664. The molecule has 26 heavy (non-hydrogen) atoms. The molecule has 1 aliphatic carbocycles. The summed E-state index contributed by atoms with van der Waals surface area (Å²) in [6.07, 6.45) is 8.07. The Morgan fingerprint density at radius 2 is 1.81 bits per heavy atom. The van der Waals surface area contributed by atoms with Crippen LogP contribution in [0.3, 0.4) is 0 Å². The quantitative estimate of drug-likeness (QED) is 0.760. The lowest BCUT2D eigenvalue weighted by Gasteiger charge is -2.43. The average Bonchev–Trinajstić information content (AvgIpc) is 2.96. The van der Waals surface area contributed by atoms with E-state index in [1.54, 1.807) is 4.90 Å². The number of benzene rings is 1. The molecule has 2 atom stereocenters. The van der Waals surface area contributed by atoms with Crippen LogP contribution in [0.4, 0.5) is 5.69 Å². The predicted octanol–water partition coefficient (Wildman–Crippen LogP) is 2.39. The molecule has 0 aromatic heterocycles. The molecule has 2 aliphatic heterocycles. The van der Waals surface area contributed by atoms with Crippen LogP contribution >= 0.6 is 0 Å². The minimum atomic E-state index is -3.12. The van der Waals surface area contributed by atoms with E-state index in [-0.39, 0.29) is 29.5 Å². The molecule has 140 valence electrons. The van der Waals surface area contributed by atoms with Gasteiger partial charge in [0.15, 0.2) is 9.84 Å². The maximum Gasteiger partial charge on any atom is 0.241 e. The summed E-state index contributed by atoms with van der Waals surface area (Å²) in [4.78, 5) is 16.7. The Hall–Kier alpha value is -1.66. The summed E-state index contributed by atoms with van der Waals surface area (Å²) >= 11 is 0. The number of fused-ring (bicyclic) bond motifs is 1. The first-order valence-electron chi connectivity index (χ1n) is 9.53. The predicted molar refractivity (Wildman–Crippen MR) is 103 cm³/mol. The number of sulfone groups is 1. The van der Waals surface area contributed by atoms with Gasteiger partial charge in [0.2, 0.25) is 5.91 Å². The Morgan fingerprint density at radius 1 is 1.04 bits per heavy atom. The number of carbonyl (C=O) groups excluding carboxylic acids is 1. The summed E-state index contributed by atoms with van der Waals surface area (Å²) in [5, 5.41) is 0. The van der Waals surface area contributed by atoms with Gasteiger partial charge in [0.25, 0.3) is 0 Å². The lowest BCUT2D eigenvalue weighted by molar-refractivity contribution is -0.123. The van der Waals surface area contributed by atoms with Gasteiger partial charge in [-0.25, -0.2) is 8.42 Å². The van der Waals surface area contributed by atoms with E-state index in [2.05, 4.69) is 11.0 Å². The van der Waals surface area contributed by atoms with E-state index in [4.69, 9.17) is 0 Å². The number of nitrogens with zero attached hydrogens (tertiary/aromatic N) is 2. The number of amides is 1. The zero-order chi connectivity index (χ0) is 18.1. The van der Waals surface area contributed by atoms with Gasteiger partial charge in [-0.2, -0.15) is 0 Å². The Kier molecular flexibility index (Phi) is 4.88. The first-order chi connectivity index (χ1) is 12.5. The first kappa shape index (κ1) is 17.7. The van der Waals surface area contributed by atoms with Gasteiger partial charge in [-0.05, 0) is 44.2 Å². The number of allylic oxidation sites excluding steroid dienone is 1. The van der Waals surface area contributed by atoms with Gasteiger partial charge >= 0.3 is 0 Å². The van der Waals surface area contributed by atoms with Crippen LogP contribution in [0, 0.1) is 0 Å². The number of piperazine rings is 1. The van der Waals surface area contributed by atoms with Crippen molar-refractivity contribution in [3.8, 4) is 0 Å². The molecule has 0 N–H and O–H groups in total. The number of carbonyl (C=O) groups is 1. The SMILES string of the molecule is O=C1CN(CCC2=CCCCC2)[C@@H]2CS(=O)(=O)C[C@@H]2N1c1ccccc1. The minimum Gasteiger partial charge on any atom is -0.306 e. The van der Waals surface area contributed by atoms with Gasteiger partial charge < -0.3 is 4.90 Å². The van der Waals surface area contributed by atoms with Crippen molar-refractivity contribution < 1.29 is 13.2 Å². The lowest BCUT2D eigenvalue weighted by atomic mass is 9.96. The summed E-state index contributed by atoms with van der Waals surface area (Å²) in [6.45, 7) is 1.08. The molecule has 2 heterocycles. The molecular weight excluding hydrogens is 348 g/mol. The summed E-state index contributed by atoms with van der Waals surface area (Å²) in [6, 6.07) is 9.10. The monoisotopic (exact) mass is 374 g/mol. The van der Waals surface area contributed by atoms with Crippen LogP contribution in [-0.2, 0) is 14.6 Å². The van der Waals surface area contributed by atoms with Crippen molar-refractivity contribution in [1.82, 2.24) is 4.90 Å². The molecule has 2 saturated heterocycles. The molecule has 0 bridgehead atoms. The summed E-state index contributed by atoms with van der Waals surface area (Å²) in [5.41, 5.74) is 2.27. The van der Waals surface area contributed by atoms with Crippen LogP contribution in [0.15, 0.2) is 42.0 Å². The third kappa shape index (κ3) is 3.58. The van der Waals surface area contributed by atoms with Crippen molar-refractivity contribution in [3.63, 3.8) is 0 Å². The van der Waals surface area contributed by atoms with E-state index in [0.717, 1.165) is 31.5 Å². The molecule has 0 saturated carbocycles. The fourth-order valence-electron chi connectivity index (χ4n) is 4.55. The lowest BCUT2D eigenvalue weighted by Crippen LogP contribution is -2.62. The maximum atomic E-state index is 12.9. The highest BCUT2D eigenvalue weighted by atomic mass is 32.2. The summed E-state index contributed by atoms with van der Waals surface area (Å²) < 4.78 is 24.7. The van der Waals surface area contributed by atoms with E-state index < -0.39 is 9.84 Å². The Morgan fingerprint density at radius 3 is 2.54 bits per heavy atom. The smallest absolute Gasteiger partial charge is 0.241 e. The fraction of sp³-hybridized carbons (Fsp3) is 0.550. The molecule has 1 aromatic rings. The summed E-state index contributed by atoms with van der Waals surface area (Å²) in [7, 11) is -3.12. The first-order valence-corrected chi connectivity index (χ1v) is 11.4. The third-order valence-corrected chi connectivity index (χ3v) is 7.54. The van der Waals surface area contributed by atoms with Gasteiger partial charge in [-0.3, -0.25) is 9.69 Å². The Balaban J connectivity index is 1.55. The van der Waals surface area contributed by atoms with Crippen LogP contribution in [0.25, 0.3) is 0 Å². The van der Waals surface area contributed by atoms with Gasteiger partial charge in [-0.15, -0.1) is 0 Å². The number of hydrogen-bond acceptors (Lipinski definition) is 4. The molecule has 1 amide bonds. The second-order valence-electron chi connectivity index (χ2n) is 7.64. The molecule has 3 aliphatic rings. The molecule has 0 spiro atoms. The van der Waals surface area contributed by atoms with Crippen LogP contribution in [0.5, 0.6) is 0 Å². The largest absolute Gasteiger partial charge is 0.306 e. The number of anilines is 1. The van der Waals surface area contributed by atoms with Crippen molar-refractivity contribution in [3.05, 3.63) is 42.0 Å². The van der Waals surface area contributed by atoms with Gasteiger partial charge in [0.1, 0.15) is 0 Å². The normalized spacial score (nSPS) is 28.7. The molecule has 0 radical (unpaired) electrons. The zero-order valence-electron chi connectivity index (χ0n) is 15.0. The maximum absolute atomic E-state index is 12.9. The zero-order valence-corrected chi connectivity index (χ0v) is 15.8. The highest BCUT2D eigenvalue weighted by Gasteiger charge is 2.49. The van der Waals surface area contributed by atoms with E-state index in [0.29, 0.717) is 6.54 Å². The molecule has 5 nitrogen and oxygen atoms in total. The molecule has 6 heteroatoms. The Bertz CT molecular complexity index is 804. The second kappa shape index (κ2) is 7.16. The molecule has 2 fully saturated rings. The highest BCUT2D eigenvalue weighted by Crippen LogP contribution is 2.32. The van der Waals surface area contributed by atoms with E-state index >= 15 is 0 Å². The Labute approximate surface area is 155 Å². The highest BCUT2D eigenvalue weighted by molar-refractivity contribution is 7.91. The van der Waals surface area contributed by atoms with Crippen molar-refractivity contribution in [2.24, 2.45) is 0 Å². The van der Waals surface area contributed by atoms with Crippen LogP contribution in [-0.4, -0.2) is 55.9 Å². The van der Waals surface area contributed by atoms with Crippen LogP contribution in [0.1, 0.15) is 32.1 Å². The number of para-hydroxylation sites is 1. The fourth-order valence-corrected chi connectivity index (χ4v) is 6.53. The van der Waals surface area contributed by atoms with Gasteiger partial charge in [0.05, 0.1) is 24.1 Å². The van der Waals surface area contributed by atoms with Gasteiger partial charge in [0, 0.05) is 18.3 Å². The van der Waals surface area contributed by atoms with Gasteiger partial charge in [-0.1, -0.05) is 29.8 Å². The van der Waals surface area contributed by atoms with Crippen molar-refractivity contribution in [2.45, 2.75) is 44.2 Å². The van der Waals surface area contributed by atoms with Crippen LogP contribution in [0.2, 0.25) is 0 Å².